The highest BCUT2D eigenvalue weighted by Crippen LogP contribution is 2.37. The fourth-order valence-corrected chi connectivity index (χ4v) is 2.19. The predicted octanol–water partition coefficient (Wildman–Crippen LogP) is 3.59. The van der Waals surface area contributed by atoms with Crippen LogP contribution in [0.25, 0.3) is 5.57 Å². The smallest absolute Gasteiger partial charge is 0.307 e. The van der Waals surface area contributed by atoms with Crippen LogP contribution in [-0.4, -0.2) is 36.5 Å². The van der Waals surface area contributed by atoms with Crippen molar-refractivity contribution in [1.82, 2.24) is 4.90 Å². The number of ether oxygens (including phenoxy) is 1. The summed E-state index contributed by atoms with van der Waals surface area (Å²) in [5, 5.41) is 9.48. The van der Waals surface area contributed by atoms with Crippen LogP contribution in [0.15, 0.2) is 48.4 Å². The number of fused-ring (bicyclic) bond motifs is 2. The molecule has 0 radical (unpaired) electrons. The molecule has 0 amide bonds. The molecular weight excluding hydrogens is 314 g/mol. The highest BCUT2D eigenvalue weighted by Gasteiger charge is 2.19. The molecule has 0 saturated heterocycles. The first-order valence-electron chi connectivity index (χ1n) is 15.5. The third-order valence-corrected chi connectivity index (χ3v) is 3.19. The lowest BCUT2D eigenvalue weighted by molar-refractivity contribution is -0.136. The average Bonchev–Trinajstić information content (AvgIpc) is 2.92. The van der Waals surface area contributed by atoms with E-state index in [9.17, 15) is 9.90 Å². The first kappa shape index (κ1) is 5.99. The fraction of sp³-hybridized carbons (Fsp3) is 0.286. The van der Waals surface area contributed by atoms with Crippen molar-refractivity contribution in [2.24, 2.45) is 0 Å². The van der Waals surface area contributed by atoms with E-state index in [1.165, 1.54) is 0 Å². The Balaban J connectivity index is 2.53. The zero-order valence-corrected chi connectivity index (χ0v) is 12.7. The van der Waals surface area contributed by atoms with Crippen molar-refractivity contribution in [3.8, 4) is 5.75 Å². The second kappa shape index (κ2) is 7.53. The lowest BCUT2D eigenvalue weighted by atomic mass is 9.92. The molecule has 0 aromatic heterocycles. The molecule has 0 saturated carbocycles. The standard InChI is InChI=1S/C21H23NO3/c1-22(2)11-5-8-18-17-7-4-3-6-16(17)14-25-20-10-9-15(12-19(18)20)13-21(23)24/h3-4,6-10,12H,5,11,13-14H2,1-2H3,(H,23,24)/b18-8-/i1D3,2D3,3D,4D,6D,7D,9D,10D,12D,13D2,14D2. The third-order valence-electron chi connectivity index (χ3n) is 3.19. The van der Waals surface area contributed by atoms with Crippen LogP contribution in [0.4, 0.5) is 0 Å². The van der Waals surface area contributed by atoms with Gasteiger partial charge in [0.25, 0.3) is 0 Å². The second-order valence-electron chi connectivity index (χ2n) is 4.90. The summed E-state index contributed by atoms with van der Waals surface area (Å²) in [6, 6.07) is -6.82. The van der Waals surface area contributed by atoms with E-state index < -0.39 is 122 Å². The number of carbonyl (C=O) groups is 1. The van der Waals surface area contributed by atoms with Crippen LogP contribution in [0.2, 0.25) is 0 Å². The maximum absolute atomic E-state index is 11.8. The van der Waals surface area contributed by atoms with Gasteiger partial charge in [0, 0.05) is 23.1 Å². The van der Waals surface area contributed by atoms with Gasteiger partial charge in [0.2, 0.25) is 0 Å². The molecule has 1 aliphatic heterocycles. The molecule has 0 spiro atoms. The lowest BCUT2D eigenvalue weighted by Gasteiger charge is -2.13. The Bertz CT molecular complexity index is 1480. The quantitative estimate of drug-likeness (QED) is 0.891. The number of benzene rings is 2. The molecular formula is C21H23NO3. The van der Waals surface area contributed by atoms with Crippen LogP contribution in [0, 0.1) is 0 Å². The minimum absolute atomic E-state index is 0.171. The molecule has 130 valence electrons. The summed E-state index contributed by atoms with van der Waals surface area (Å²) in [6.07, 6.45) is -2.95. The van der Waals surface area contributed by atoms with Crippen molar-refractivity contribution < 1.29 is 37.9 Å². The van der Waals surface area contributed by atoms with Gasteiger partial charge in [0.1, 0.15) is 12.3 Å². The molecule has 2 aromatic rings. The minimum Gasteiger partial charge on any atom is -0.488 e. The monoisotopic (exact) mass is 354 g/mol. The van der Waals surface area contributed by atoms with Gasteiger partial charge in [-0.25, -0.2) is 0 Å². The van der Waals surface area contributed by atoms with Gasteiger partial charge in [-0.05, 0) is 54.7 Å². The van der Waals surface area contributed by atoms with E-state index in [4.69, 9.17) is 28.0 Å². The van der Waals surface area contributed by atoms with Gasteiger partial charge in [0.15, 0.2) is 0 Å². The Kier molecular flexibility index (Phi) is 1.80. The molecule has 0 atom stereocenters. The van der Waals surface area contributed by atoms with Crippen molar-refractivity contribution in [3.63, 3.8) is 0 Å². The van der Waals surface area contributed by atoms with E-state index in [1.54, 1.807) is 0 Å². The second-order valence-corrected chi connectivity index (χ2v) is 4.90. The number of nitrogens with zero attached hydrogens (tertiary/aromatic N) is 1. The number of carboxylic acid groups (broad SMARTS) is 1. The molecule has 4 nitrogen and oxygen atoms in total. The molecule has 1 N–H and O–H groups in total. The van der Waals surface area contributed by atoms with E-state index >= 15 is 0 Å². The van der Waals surface area contributed by atoms with Gasteiger partial charge >= 0.3 is 5.97 Å². The van der Waals surface area contributed by atoms with E-state index in [0.29, 0.717) is 0 Å². The van der Waals surface area contributed by atoms with Crippen molar-refractivity contribution in [3.05, 3.63) is 70.6 Å². The number of hydrogen-bond acceptors (Lipinski definition) is 3. The summed E-state index contributed by atoms with van der Waals surface area (Å²) in [7, 11) is 0. The van der Waals surface area contributed by atoms with E-state index in [-0.39, 0.29) is 4.90 Å². The van der Waals surface area contributed by atoms with Crippen molar-refractivity contribution in [1.29, 1.82) is 0 Å². The van der Waals surface area contributed by atoms with Gasteiger partial charge in [-0.2, -0.15) is 0 Å². The van der Waals surface area contributed by atoms with Gasteiger partial charge in [-0.3, -0.25) is 4.79 Å². The Hall–Kier alpha value is -2.59. The first-order valence-corrected chi connectivity index (χ1v) is 7.05. The Morgan fingerprint density at radius 3 is 3.04 bits per heavy atom. The van der Waals surface area contributed by atoms with Crippen LogP contribution < -0.4 is 4.74 Å². The summed E-state index contributed by atoms with van der Waals surface area (Å²) in [4.78, 5) is 11.9. The summed E-state index contributed by atoms with van der Waals surface area (Å²) >= 11 is 0. The number of carboxylic acids is 1. The maximum Gasteiger partial charge on any atom is 0.307 e. The highest BCUT2D eigenvalue weighted by molar-refractivity contribution is 5.85. The topological polar surface area (TPSA) is 49.8 Å². The van der Waals surface area contributed by atoms with Crippen LogP contribution in [0.1, 0.15) is 52.0 Å². The number of rotatable bonds is 5. The van der Waals surface area contributed by atoms with Gasteiger partial charge in [-0.15, -0.1) is 0 Å². The molecule has 0 fully saturated rings. The average molecular weight is 355 g/mol. The number of aliphatic carboxylic acids is 1. The SMILES string of the molecule is [2H]c1c([2H])c([2H])c2c(c1[2H])/C(=C/CCN(C([2H])([2H])[2H])C([2H])([2H])[2H])c1c([2H])c(C([2H])([2H])C(=O)O)c([2H])c([2H])c1OC2([2H])[2H]. The molecule has 0 bridgehead atoms. The van der Waals surface area contributed by atoms with E-state index in [1.807, 2.05) is 0 Å². The van der Waals surface area contributed by atoms with Gasteiger partial charge < -0.3 is 14.7 Å². The first-order chi connectivity index (χ1) is 18.9. The molecule has 1 aliphatic rings. The molecule has 1 heterocycles. The largest absolute Gasteiger partial charge is 0.488 e. The summed E-state index contributed by atoms with van der Waals surface area (Å²) in [5.41, 5.74) is -3.80. The van der Waals surface area contributed by atoms with Crippen LogP contribution in [-0.2, 0) is 17.7 Å². The Morgan fingerprint density at radius 2 is 2.24 bits per heavy atom. The van der Waals surface area contributed by atoms with Crippen molar-refractivity contribution >= 4 is 11.5 Å². The van der Waals surface area contributed by atoms with Crippen molar-refractivity contribution in [2.45, 2.75) is 19.4 Å². The van der Waals surface area contributed by atoms with Gasteiger partial charge in [-0.1, -0.05) is 36.3 Å². The predicted molar refractivity (Wildman–Crippen MR) is 98.8 cm³/mol. The highest BCUT2D eigenvalue weighted by atomic mass is 16.5. The third kappa shape index (κ3) is 4.09. The summed E-state index contributed by atoms with van der Waals surface area (Å²) in [6.45, 7) is -10.1. The Morgan fingerprint density at radius 1 is 1.40 bits per heavy atom. The molecule has 0 unspecified atom stereocenters. The fourth-order valence-electron chi connectivity index (χ4n) is 2.19. The summed E-state index contributed by atoms with van der Waals surface area (Å²) < 4.78 is 142. The van der Waals surface area contributed by atoms with E-state index in [2.05, 4.69) is 0 Å². The zero-order chi connectivity index (χ0) is 32.5. The normalized spacial score (nSPS) is 28.0. The zero-order valence-electron chi connectivity index (χ0n) is 29.7. The summed E-state index contributed by atoms with van der Waals surface area (Å²) in [5.74, 6) is -3.02. The van der Waals surface area contributed by atoms with Crippen molar-refractivity contribution in [2.75, 3.05) is 20.5 Å². The lowest BCUT2D eigenvalue weighted by Crippen LogP contribution is -2.12. The molecule has 0 aliphatic carbocycles. The molecule has 4 heteroatoms. The molecule has 3 rings (SSSR count). The minimum atomic E-state index is -3.44. The molecule has 2 aromatic carbocycles. The van der Waals surface area contributed by atoms with Gasteiger partial charge in [0.05, 0.1) is 18.7 Å². The Labute approximate surface area is 172 Å². The number of hydrogen-bond donors (Lipinski definition) is 1. The van der Waals surface area contributed by atoms with Crippen LogP contribution >= 0.6 is 0 Å². The van der Waals surface area contributed by atoms with E-state index in [0.717, 1.165) is 6.08 Å². The van der Waals surface area contributed by atoms with Crippen LogP contribution in [0.3, 0.4) is 0 Å². The molecule has 25 heavy (non-hydrogen) atoms. The van der Waals surface area contributed by atoms with Crippen LogP contribution in [0.5, 0.6) is 5.75 Å². The maximum atomic E-state index is 11.8.